The number of ether oxygens (including phenoxy) is 1. The number of nitrogen functional groups attached to an aromatic ring is 1. The van der Waals surface area contributed by atoms with Gasteiger partial charge in [0.25, 0.3) is 0 Å². The lowest BCUT2D eigenvalue weighted by molar-refractivity contribution is 0.102. The van der Waals surface area contributed by atoms with E-state index in [1.54, 1.807) is 7.11 Å². The molecule has 6 nitrogen and oxygen atoms in total. The van der Waals surface area contributed by atoms with Gasteiger partial charge in [-0.15, -0.1) is 0 Å². The highest BCUT2D eigenvalue weighted by molar-refractivity contribution is 7.99. The summed E-state index contributed by atoms with van der Waals surface area (Å²) in [4.78, 5) is 26.8. The second-order valence-electron chi connectivity index (χ2n) is 8.54. The van der Waals surface area contributed by atoms with Crippen LogP contribution in [0.15, 0.2) is 59.8 Å². The van der Waals surface area contributed by atoms with Crippen LogP contribution in [0.25, 0.3) is 22.2 Å². The summed E-state index contributed by atoms with van der Waals surface area (Å²) in [5.41, 5.74) is 12.2. The fraction of sp³-hybridized carbons (Fsp3) is 0.259. The molecule has 2 aromatic heterocycles. The van der Waals surface area contributed by atoms with Crippen molar-refractivity contribution in [3.8, 4) is 16.9 Å². The van der Waals surface area contributed by atoms with Crippen LogP contribution in [-0.2, 0) is 6.42 Å². The highest BCUT2D eigenvalue weighted by Crippen LogP contribution is 2.42. The van der Waals surface area contributed by atoms with Gasteiger partial charge in [-0.3, -0.25) is 4.79 Å². The minimum Gasteiger partial charge on any atom is -0.497 e. The van der Waals surface area contributed by atoms with Crippen LogP contribution in [0, 0.1) is 0 Å². The lowest BCUT2D eigenvalue weighted by Gasteiger charge is -2.25. The molecule has 0 fully saturated rings. The first-order valence-electron chi connectivity index (χ1n) is 11.4. The Morgan fingerprint density at radius 2 is 1.85 bits per heavy atom. The number of aromatic nitrogens is 3. The summed E-state index contributed by atoms with van der Waals surface area (Å²) in [6.07, 6.45) is 3.16. The number of carbonyl (C=O) groups is 1. The van der Waals surface area contributed by atoms with Crippen LogP contribution >= 0.6 is 11.8 Å². The van der Waals surface area contributed by atoms with E-state index in [0.29, 0.717) is 28.1 Å². The number of hydrogen-bond donors (Lipinski definition) is 1. The molecule has 4 aromatic rings. The van der Waals surface area contributed by atoms with Gasteiger partial charge in [0.05, 0.1) is 18.2 Å². The number of nitrogens with two attached hydrogens (primary N) is 1. The Morgan fingerprint density at radius 1 is 1.09 bits per heavy atom. The molecule has 1 aliphatic carbocycles. The van der Waals surface area contributed by atoms with Gasteiger partial charge < -0.3 is 10.5 Å². The molecule has 0 bridgehead atoms. The SMILES string of the molecule is COc1ccc(-c2c3c(nc4nc(SCC(=O)c5ccccc5)nc(N)c24)C(C)CCC3)cc1. The Hall–Kier alpha value is -3.45. The third-order valence-electron chi connectivity index (χ3n) is 6.32. The van der Waals surface area contributed by atoms with E-state index in [-0.39, 0.29) is 11.5 Å². The van der Waals surface area contributed by atoms with Gasteiger partial charge in [-0.25, -0.2) is 15.0 Å². The smallest absolute Gasteiger partial charge is 0.192 e. The largest absolute Gasteiger partial charge is 0.497 e. The van der Waals surface area contributed by atoms with Crippen LogP contribution in [-0.4, -0.2) is 33.6 Å². The van der Waals surface area contributed by atoms with Crippen molar-refractivity contribution in [2.45, 2.75) is 37.3 Å². The Kier molecular flexibility index (Phi) is 6.20. The minimum absolute atomic E-state index is 0.0267. The van der Waals surface area contributed by atoms with E-state index < -0.39 is 0 Å². The third kappa shape index (κ3) is 4.23. The van der Waals surface area contributed by atoms with Gasteiger partial charge in [0.15, 0.2) is 16.6 Å². The van der Waals surface area contributed by atoms with Crippen molar-refractivity contribution in [1.29, 1.82) is 0 Å². The number of methoxy groups -OCH3 is 1. The van der Waals surface area contributed by atoms with E-state index in [4.69, 9.17) is 20.4 Å². The maximum atomic E-state index is 12.6. The number of anilines is 1. The number of Topliss-reactive ketones (excluding diaryl/α,β-unsaturated/α-hetero) is 1. The number of rotatable bonds is 6. The monoisotopic (exact) mass is 470 g/mol. The van der Waals surface area contributed by atoms with Crippen molar-refractivity contribution >= 4 is 34.4 Å². The van der Waals surface area contributed by atoms with E-state index in [1.807, 2.05) is 54.6 Å². The molecule has 1 aliphatic rings. The molecule has 172 valence electrons. The van der Waals surface area contributed by atoms with Crippen LogP contribution in [0.1, 0.15) is 47.3 Å². The maximum absolute atomic E-state index is 12.6. The Balaban J connectivity index is 1.59. The van der Waals surface area contributed by atoms with Gasteiger partial charge in [0, 0.05) is 16.8 Å². The van der Waals surface area contributed by atoms with Gasteiger partial charge in [0.1, 0.15) is 11.6 Å². The summed E-state index contributed by atoms with van der Waals surface area (Å²) in [5, 5.41) is 1.24. The number of carbonyl (C=O) groups excluding carboxylic acids is 1. The second kappa shape index (κ2) is 9.43. The number of benzene rings is 2. The Labute approximate surface area is 203 Å². The summed E-state index contributed by atoms with van der Waals surface area (Å²) < 4.78 is 5.35. The molecule has 2 aromatic carbocycles. The van der Waals surface area contributed by atoms with Crippen molar-refractivity contribution in [3.05, 3.63) is 71.4 Å². The second-order valence-corrected chi connectivity index (χ2v) is 9.48. The number of fused-ring (bicyclic) bond motifs is 2. The van der Waals surface area contributed by atoms with Crippen LogP contribution < -0.4 is 10.5 Å². The molecule has 0 radical (unpaired) electrons. The number of thioether (sulfide) groups is 1. The average molecular weight is 471 g/mol. The lowest BCUT2D eigenvalue weighted by Crippen LogP contribution is -2.13. The molecule has 1 unspecified atom stereocenters. The molecular formula is C27H26N4O2S. The highest BCUT2D eigenvalue weighted by atomic mass is 32.2. The van der Waals surface area contributed by atoms with Crippen LogP contribution in [0.5, 0.6) is 5.75 Å². The average Bonchev–Trinajstić information content (AvgIpc) is 2.87. The Morgan fingerprint density at radius 3 is 2.59 bits per heavy atom. The van der Waals surface area contributed by atoms with E-state index in [0.717, 1.165) is 47.2 Å². The van der Waals surface area contributed by atoms with Gasteiger partial charge in [-0.05, 0) is 48.4 Å². The fourth-order valence-electron chi connectivity index (χ4n) is 4.59. The molecule has 0 amide bonds. The zero-order valence-corrected chi connectivity index (χ0v) is 20.1. The standard InChI is InChI=1S/C27H26N4O2S/c1-16-7-6-10-20-22(18-11-13-19(33-2)14-12-18)23-25(28)30-27(31-26(23)29-24(16)20)34-15-21(32)17-8-4-3-5-9-17/h3-5,8-9,11-14,16H,6-7,10,15H2,1-2H3,(H2,28,29,30,31). The van der Waals surface area contributed by atoms with E-state index in [1.165, 1.54) is 17.3 Å². The van der Waals surface area contributed by atoms with Crippen molar-refractivity contribution in [3.63, 3.8) is 0 Å². The number of ketones is 1. The molecule has 2 N–H and O–H groups in total. The number of pyridine rings is 1. The first-order valence-corrected chi connectivity index (χ1v) is 12.4. The predicted octanol–water partition coefficient (Wildman–Crippen LogP) is 5.70. The molecular weight excluding hydrogens is 444 g/mol. The van der Waals surface area contributed by atoms with E-state index in [9.17, 15) is 4.79 Å². The summed E-state index contributed by atoms with van der Waals surface area (Å²) in [6, 6.07) is 17.2. The lowest BCUT2D eigenvalue weighted by atomic mass is 9.82. The van der Waals surface area contributed by atoms with E-state index >= 15 is 0 Å². The van der Waals surface area contributed by atoms with Crippen LogP contribution in [0.4, 0.5) is 5.82 Å². The zero-order chi connectivity index (χ0) is 23.7. The number of hydrogen-bond acceptors (Lipinski definition) is 7. The molecule has 2 heterocycles. The molecule has 34 heavy (non-hydrogen) atoms. The quantitative estimate of drug-likeness (QED) is 0.220. The zero-order valence-electron chi connectivity index (χ0n) is 19.2. The van der Waals surface area contributed by atoms with Crippen molar-refractivity contribution in [1.82, 2.24) is 15.0 Å². The summed E-state index contributed by atoms with van der Waals surface area (Å²) in [7, 11) is 1.66. The van der Waals surface area contributed by atoms with Crippen molar-refractivity contribution in [2.75, 3.05) is 18.6 Å². The molecule has 0 saturated carbocycles. The van der Waals surface area contributed by atoms with Gasteiger partial charge >= 0.3 is 0 Å². The predicted molar refractivity (Wildman–Crippen MR) is 137 cm³/mol. The summed E-state index contributed by atoms with van der Waals surface area (Å²) in [5.74, 6) is 1.80. The van der Waals surface area contributed by atoms with Crippen LogP contribution in [0.3, 0.4) is 0 Å². The maximum Gasteiger partial charge on any atom is 0.192 e. The Bertz CT molecular complexity index is 1360. The van der Waals surface area contributed by atoms with Gasteiger partial charge in [0.2, 0.25) is 0 Å². The van der Waals surface area contributed by atoms with Gasteiger partial charge in [-0.2, -0.15) is 0 Å². The number of nitrogens with zero attached hydrogens (tertiary/aromatic N) is 3. The molecule has 0 aliphatic heterocycles. The fourth-order valence-corrected chi connectivity index (χ4v) is 5.33. The van der Waals surface area contributed by atoms with Crippen LogP contribution in [0.2, 0.25) is 0 Å². The molecule has 1 atom stereocenters. The first kappa shape index (κ1) is 22.3. The topological polar surface area (TPSA) is 91.0 Å². The first-order chi connectivity index (χ1) is 16.5. The minimum atomic E-state index is 0.0267. The van der Waals surface area contributed by atoms with Gasteiger partial charge in [-0.1, -0.05) is 61.2 Å². The molecule has 5 rings (SSSR count). The molecule has 7 heteroatoms. The van der Waals surface area contributed by atoms with Crippen molar-refractivity contribution < 1.29 is 9.53 Å². The molecule has 0 saturated heterocycles. The van der Waals surface area contributed by atoms with E-state index in [2.05, 4.69) is 11.9 Å². The normalized spacial score (nSPS) is 15.2. The highest BCUT2D eigenvalue weighted by Gasteiger charge is 2.26. The third-order valence-corrected chi connectivity index (χ3v) is 7.17. The van der Waals surface area contributed by atoms with Crippen molar-refractivity contribution in [2.24, 2.45) is 0 Å². The molecule has 0 spiro atoms. The summed E-state index contributed by atoms with van der Waals surface area (Å²) >= 11 is 1.29. The summed E-state index contributed by atoms with van der Waals surface area (Å²) in [6.45, 7) is 2.22.